The number of amides is 1. The Bertz CT molecular complexity index is 1290. The number of aliphatic hydroxyl groups excluding tert-OH is 1. The molecule has 8 nitrogen and oxygen atoms in total. The molecule has 0 radical (unpaired) electrons. The number of ether oxygens (including phenoxy) is 1. The van der Waals surface area contributed by atoms with Crippen molar-refractivity contribution in [3.63, 3.8) is 0 Å². The third-order valence-corrected chi connectivity index (χ3v) is 7.19. The van der Waals surface area contributed by atoms with Crippen LogP contribution in [0.4, 0.5) is 0 Å². The highest BCUT2D eigenvalue weighted by molar-refractivity contribution is 7.89. The van der Waals surface area contributed by atoms with Gasteiger partial charge in [0.15, 0.2) is 0 Å². The number of β-amino-alcohol motifs (C(OH)–C–C–N with tert-alkyl or cyclic N) is 1. The zero-order chi connectivity index (χ0) is 24.3. The highest BCUT2D eigenvalue weighted by atomic mass is 35.5. The zero-order valence-corrected chi connectivity index (χ0v) is 20.0. The lowest BCUT2D eigenvalue weighted by Gasteiger charge is -2.35. The number of piperazine rings is 1. The Morgan fingerprint density at radius 1 is 1.06 bits per heavy atom. The molecule has 3 aromatic rings. The molecule has 0 bridgehead atoms. The molecule has 0 aliphatic carbocycles. The van der Waals surface area contributed by atoms with Gasteiger partial charge in [0.05, 0.1) is 5.02 Å². The molecule has 10 heteroatoms. The molecule has 34 heavy (non-hydrogen) atoms. The van der Waals surface area contributed by atoms with E-state index in [9.17, 15) is 18.3 Å². The molecule has 1 unspecified atom stereocenters. The lowest BCUT2D eigenvalue weighted by Crippen LogP contribution is -2.51. The van der Waals surface area contributed by atoms with Gasteiger partial charge in [-0.15, -0.1) is 0 Å². The molecular formula is C24H26ClN3O5S. The van der Waals surface area contributed by atoms with Crippen LogP contribution in [0.25, 0.3) is 10.8 Å². The molecule has 0 saturated carbocycles. The van der Waals surface area contributed by atoms with Gasteiger partial charge in [0.25, 0.3) is 5.91 Å². The summed E-state index contributed by atoms with van der Waals surface area (Å²) < 4.78 is 29.3. The molecule has 1 atom stereocenters. The number of carbonyl (C=O) groups is 1. The van der Waals surface area contributed by atoms with Crippen LogP contribution in [-0.4, -0.2) is 74.7 Å². The summed E-state index contributed by atoms with van der Waals surface area (Å²) in [6, 6.07) is 17.8. The van der Waals surface area contributed by atoms with Gasteiger partial charge < -0.3 is 14.7 Å². The van der Waals surface area contributed by atoms with Crippen molar-refractivity contribution in [1.29, 1.82) is 0 Å². The van der Waals surface area contributed by atoms with E-state index < -0.39 is 16.1 Å². The van der Waals surface area contributed by atoms with Crippen LogP contribution < -0.4 is 9.88 Å². The van der Waals surface area contributed by atoms with E-state index in [2.05, 4.69) is 4.90 Å². The first kappa shape index (κ1) is 24.4. The molecule has 0 spiro atoms. The van der Waals surface area contributed by atoms with Crippen LogP contribution >= 0.6 is 11.6 Å². The van der Waals surface area contributed by atoms with Gasteiger partial charge in [0.1, 0.15) is 23.4 Å². The molecule has 1 aliphatic rings. The number of nitrogens with zero attached hydrogens (tertiary/aromatic N) is 2. The normalized spacial score (nSPS) is 15.9. The van der Waals surface area contributed by atoms with E-state index >= 15 is 0 Å². The molecule has 1 heterocycles. The Kier molecular flexibility index (Phi) is 7.39. The minimum atomic E-state index is -4.03. The third kappa shape index (κ3) is 5.68. The van der Waals surface area contributed by atoms with Crippen LogP contribution in [-0.2, 0) is 10.0 Å². The van der Waals surface area contributed by atoms with E-state index in [4.69, 9.17) is 21.5 Å². The first-order valence-electron chi connectivity index (χ1n) is 10.8. The largest absolute Gasteiger partial charge is 0.490 e. The van der Waals surface area contributed by atoms with Crippen molar-refractivity contribution in [2.45, 2.75) is 11.0 Å². The fourth-order valence-electron chi connectivity index (χ4n) is 4.03. The standard InChI is InChI=1S/C24H26ClN3O5S/c25-21-9-8-18(14-23(21)34(26,31)32)24(30)28-12-10-27(11-13-28)15-19(29)16-33-22-7-3-5-17-4-1-2-6-20(17)22/h1-9,14,19,29H,10-13,15-16H2,(H2,26,31,32). The topological polar surface area (TPSA) is 113 Å². The SMILES string of the molecule is NS(=O)(=O)c1cc(C(=O)N2CCN(CC(O)COc3cccc4ccccc34)CC2)ccc1Cl. The van der Waals surface area contributed by atoms with Gasteiger partial charge in [-0.1, -0.05) is 48.0 Å². The Balaban J connectivity index is 1.29. The summed E-state index contributed by atoms with van der Waals surface area (Å²) in [7, 11) is -4.03. The van der Waals surface area contributed by atoms with E-state index in [0.717, 1.165) is 16.5 Å². The quantitative estimate of drug-likeness (QED) is 0.511. The van der Waals surface area contributed by atoms with Gasteiger partial charge in [-0.05, 0) is 29.7 Å². The minimum absolute atomic E-state index is 0.0245. The number of fused-ring (bicyclic) bond motifs is 1. The van der Waals surface area contributed by atoms with Crippen molar-refractivity contribution in [2.24, 2.45) is 5.14 Å². The van der Waals surface area contributed by atoms with Crippen molar-refractivity contribution in [1.82, 2.24) is 9.80 Å². The molecule has 1 fully saturated rings. The average Bonchev–Trinajstić information content (AvgIpc) is 2.82. The maximum atomic E-state index is 12.8. The van der Waals surface area contributed by atoms with E-state index in [1.165, 1.54) is 18.2 Å². The Morgan fingerprint density at radius 3 is 2.50 bits per heavy atom. The summed E-state index contributed by atoms with van der Waals surface area (Å²) in [5.41, 5.74) is 0.213. The number of carbonyl (C=O) groups excluding carboxylic acids is 1. The predicted octanol–water partition coefficient (Wildman–Crippen LogP) is 2.34. The minimum Gasteiger partial charge on any atom is -0.490 e. The van der Waals surface area contributed by atoms with Crippen molar-refractivity contribution in [3.8, 4) is 5.75 Å². The summed E-state index contributed by atoms with van der Waals surface area (Å²) in [4.78, 5) is 16.3. The van der Waals surface area contributed by atoms with Gasteiger partial charge in [-0.3, -0.25) is 9.69 Å². The molecule has 3 aromatic carbocycles. The summed E-state index contributed by atoms with van der Waals surface area (Å²) in [5, 5.41) is 17.7. The van der Waals surface area contributed by atoms with Gasteiger partial charge >= 0.3 is 0 Å². The van der Waals surface area contributed by atoms with E-state index in [0.29, 0.717) is 32.7 Å². The summed E-state index contributed by atoms with van der Waals surface area (Å²) >= 11 is 5.91. The van der Waals surface area contributed by atoms with Gasteiger partial charge in [-0.2, -0.15) is 0 Å². The number of benzene rings is 3. The van der Waals surface area contributed by atoms with E-state index in [1.54, 1.807) is 4.90 Å². The number of hydrogen-bond donors (Lipinski definition) is 2. The number of rotatable bonds is 7. The van der Waals surface area contributed by atoms with Crippen LogP contribution in [0.15, 0.2) is 65.6 Å². The fourth-order valence-corrected chi connectivity index (χ4v) is 5.10. The molecular weight excluding hydrogens is 478 g/mol. The van der Waals surface area contributed by atoms with Crippen molar-refractivity contribution < 1.29 is 23.1 Å². The molecule has 1 amide bonds. The van der Waals surface area contributed by atoms with Gasteiger partial charge in [-0.25, -0.2) is 13.6 Å². The van der Waals surface area contributed by atoms with Crippen LogP contribution in [0.5, 0.6) is 5.75 Å². The number of nitrogens with two attached hydrogens (primary N) is 1. The van der Waals surface area contributed by atoms with Crippen LogP contribution in [0.2, 0.25) is 5.02 Å². The summed E-state index contributed by atoms with van der Waals surface area (Å²) in [6.45, 7) is 2.63. The van der Waals surface area contributed by atoms with E-state index in [-0.39, 0.29) is 28.0 Å². The number of hydrogen-bond acceptors (Lipinski definition) is 6. The zero-order valence-electron chi connectivity index (χ0n) is 18.4. The maximum absolute atomic E-state index is 12.8. The van der Waals surface area contributed by atoms with Gasteiger partial charge in [0, 0.05) is 43.7 Å². The Morgan fingerprint density at radius 2 is 1.76 bits per heavy atom. The lowest BCUT2D eigenvalue weighted by molar-refractivity contribution is 0.0406. The Labute approximate surface area is 203 Å². The molecule has 1 saturated heterocycles. The lowest BCUT2D eigenvalue weighted by atomic mass is 10.1. The van der Waals surface area contributed by atoms with E-state index in [1.807, 2.05) is 42.5 Å². The first-order valence-corrected chi connectivity index (χ1v) is 12.8. The average molecular weight is 504 g/mol. The third-order valence-electron chi connectivity index (χ3n) is 5.79. The Hall–Kier alpha value is -2.69. The van der Waals surface area contributed by atoms with Crippen LogP contribution in [0, 0.1) is 0 Å². The van der Waals surface area contributed by atoms with Crippen LogP contribution in [0.1, 0.15) is 10.4 Å². The molecule has 0 aromatic heterocycles. The number of halogens is 1. The van der Waals surface area contributed by atoms with Crippen molar-refractivity contribution in [3.05, 3.63) is 71.2 Å². The van der Waals surface area contributed by atoms with Crippen LogP contribution in [0.3, 0.4) is 0 Å². The second-order valence-electron chi connectivity index (χ2n) is 8.23. The summed E-state index contributed by atoms with van der Waals surface area (Å²) in [5.74, 6) is 0.440. The highest BCUT2D eigenvalue weighted by Gasteiger charge is 2.25. The van der Waals surface area contributed by atoms with Crippen molar-refractivity contribution >= 4 is 38.3 Å². The molecule has 180 valence electrons. The molecule has 4 rings (SSSR count). The smallest absolute Gasteiger partial charge is 0.253 e. The first-order chi connectivity index (χ1) is 16.2. The second-order valence-corrected chi connectivity index (χ2v) is 10.2. The monoisotopic (exact) mass is 503 g/mol. The number of primary sulfonamides is 1. The maximum Gasteiger partial charge on any atom is 0.253 e. The van der Waals surface area contributed by atoms with Gasteiger partial charge in [0.2, 0.25) is 10.0 Å². The fraction of sp³-hybridized carbons (Fsp3) is 0.292. The number of sulfonamides is 1. The highest BCUT2D eigenvalue weighted by Crippen LogP contribution is 2.25. The number of aliphatic hydroxyl groups is 1. The molecule has 3 N–H and O–H groups in total. The second kappa shape index (κ2) is 10.3. The molecule has 1 aliphatic heterocycles. The van der Waals surface area contributed by atoms with Crippen molar-refractivity contribution in [2.75, 3.05) is 39.3 Å². The summed E-state index contributed by atoms with van der Waals surface area (Å²) in [6.07, 6.45) is -0.685. The predicted molar refractivity (Wildman–Crippen MR) is 131 cm³/mol.